The maximum atomic E-state index is 11.9. The Kier molecular flexibility index (Phi) is 4.21. The SMILES string of the molecule is O[C@H](c1ccccc1)C1(n2nnc3ccccc32)OC1(c1ccccc1)c1ccccc1. The number of fused-ring (bicyclic) bond motifs is 1. The van der Waals surface area contributed by atoms with Crippen LogP contribution >= 0.6 is 0 Å². The van der Waals surface area contributed by atoms with Crippen LogP contribution in [0.15, 0.2) is 115 Å². The zero-order valence-electron chi connectivity index (χ0n) is 17.2. The molecule has 0 spiro atoms. The fourth-order valence-corrected chi connectivity index (χ4v) is 4.78. The third kappa shape index (κ3) is 2.52. The van der Waals surface area contributed by atoms with Gasteiger partial charge in [0.15, 0.2) is 5.60 Å². The summed E-state index contributed by atoms with van der Waals surface area (Å²) in [6, 6.07) is 37.4. The zero-order valence-corrected chi connectivity index (χ0v) is 17.2. The largest absolute Gasteiger partial charge is 0.383 e. The second-order valence-corrected chi connectivity index (χ2v) is 8.01. The average Bonchev–Trinajstić information content (AvgIpc) is 3.41. The molecule has 0 amide bonds. The van der Waals surface area contributed by atoms with Crippen LogP contribution in [0, 0.1) is 0 Å². The van der Waals surface area contributed by atoms with E-state index in [0.717, 1.165) is 27.7 Å². The predicted molar refractivity (Wildman–Crippen MR) is 122 cm³/mol. The van der Waals surface area contributed by atoms with Crippen LogP contribution in [0.25, 0.3) is 11.0 Å². The number of rotatable bonds is 5. The Balaban J connectivity index is 1.67. The number of benzene rings is 4. The van der Waals surface area contributed by atoms with Crippen molar-refractivity contribution in [2.45, 2.75) is 17.4 Å². The van der Waals surface area contributed by atoms with Gasteiger partial charge in [-0.25, -0.2) is 4.68 Å². The summed E-state index contributed by atoms with van der Waals surface area (Å²) in [5.41, 5.74) is 2.03. The molecule has 5 heteroatoms. The van der Waals surface area contributed by atoms with Gasteiger partial charge in [-0.3, -0.25) is 0 Å². The Morgan fingerprint density at radius 1 is 0.688 bits per heavy atom. The lowest BCUT2D eigenvalue weighted by molar-refractivity contribution is 0.0215. The van der Waals surface area contributed by atoms with E-state index in [2.05, 4.69) is 10.3 Å². The molecule has 1 saturated heterocycles. The van der Waals surface area contributed by atoms with Crippen molar-refractivity contribution in [3.8, 4) is 0 Å². The smallest absolute Gasteiger partial charge is 0.232 e. The highest BCUT2D eigenvalue weighted by atomic mass is 16.7. The van der Waals surface area contributed by atoms with Gasteiger partial charge in [0.05, 0.1) is 5.52 Å². The number of hydrogen-bond acceptors (Lipinski definition) is 4. The van der Waals surface area contributed by atoms with Crippen molar-refractivity contribution in [2.24, 2.45) is 0 Å². The van der Waals surface area contributed by atoms with Crippen LogP contribution in [-0.4, -0.2) is 20.1 Å². The Morgan fingerprint density at radius 3 is 1.84 bits per heavy atom. The number of aromatic nitrogens is 3. The Morgan fingerprint density at radius 2 is 1.22 bits per heavy atom. The standard InChI is InChI=1S/C27H21N3O2/c31-25(20-12-4-1-5-13-20)27(30-24-19-11-10-18-23(24)28-29-30)26(32-27,21-14-6-2-7-15-21)22-16-8-3-9-17-22/h1-19,25,31H/t25-,27?/m1/s1. The summed E-state index contributed by atoms with van der Waals surface area (Å²) in [5.74, 6) is 0. The van der Waals surface area contributed by atoms with Gasteiger partial charge in [0, 0.05) is 0 Å². The van der Waals surface area contributed by atoms with Crippen molar-refractivity contribution < 1.29 is 9.84 Å². The molecule has 1 aliphatic rings. The number of ether oxygens (including phenoxy) is 1. The van der Waals surface area contributed by atoms with Crippen LogP contribution in [0.4, 0.5) is 0 Å². The Bertz CT molecular complexity index is 1330. The van der Waals surface area contributed by atoms with E-state index in [0.29, 0.717) is 0 Å². The first-order valence-electron chi connectivity index (χ1n) is 10.6. The quantitative estimate of drug-likeness (QED) is 0.416. The van der Waals surface area contributed by atoms with Gasteiger partial charge in [0.1, 0.15) is 11.6 Å². The van der Waals surface area contributed by atoms with Gasteiger partial charge in [-0.05, 0) is 28.8 Å². The third-order valence-corrected chi connectivity index (χ3v) is 6.28. The molecule has 1 unspecified atom stereocenters. The molecule has 156 valence electrons. The molecule has 0 saturated carbocycles. The van der Waals surface area contributed by atoms with Crippen molar-refractivity contribution in [1.82, 2.24) is 15.0 Å². The third-order valence-electron chi connectivity index (χ3n) is 6.28. The molecule has 1 aromatic heterocycles. The van der Waals surface area contributed by atoms with Gasteiger partial charge in [-0.1, -0.05) is 108 Å². The highest BCUT2D eigenvalue weighted by Crippen LogP contribution is 2.68. The van der Waals surface area contributed by atoms with E-state index in [1.54, 1.807) is 4.68 Å². The van der Waals surface area contributed by atoms with Gasteiger partial charge in [-0.2, -0.15) is 0 Å². The first kappa shape index (κ1) is 18.9. The highest BCUT2D eigenvalue weighted by molar-refractivity contribution is 5.74. The molecular weight excluding hydrogens is 398 g/mol. The summed E-state index contributed by atoms with van der Waals surface area (Å²) in [7, 11) is 0. The molecule has 2 atom stereocenters. The summed E-state index contributed by atoms with van der Waals surface area (Å²) in [6.45, 7) is 0. The van der Waals surface area contributed by atoms with E-state index in [1.807, 2.05) is 115 Å². The number of epoxide rings is 1. The molecule has 0 aliphatic carbocycles. The first-order chi connectivity index (χ1) is 15.8. The van der Waals surface area contributed by atoms with Crippen molar-refractivity contribution in [3.05, 3.63) is 132 Å². The monoisotopic (exact) mass is 419 g/mol. The molecule has 1 aliphatic heterocycles. The van der Waals surface area contributed by atoms with Crippen LogP contribution in [0.2, 0.25) is 0 Å². The molecule has 32 heavy (non-hydrogen) atoms. The summed E-state index contributed by atoms with van der Waals surface area (Å²) >= 11 is 0. The summed E-state index contributed by atoms with van der Waals surface area (Å²) in [6.07, 6.45) is -0.991. The molecule has 1 fully saturated rings. The van der Waals surface area contributed by atoms with Crippen LogP contribution in [-0.2, 0) is 16.1 Å². The number of nitrogens with zero attached hydrogens (tertiary/aromatic N) is 3. The van der Waals surface area contributed by atoms with Crippen molar-refractivity contribution in [1.29, 1.82) is 0 Å². The predicted octanol–water partition coefficient (Wildman–Crippen LogP) is 4.79. The van der Waals surface area contributed by atoms with E-state index >= 15 is 0 Å². The fraction of sp³-hybridized carbons (Fsp3) is 0.111. The van der Waals surface area contributed by atoms with Crippen LogP contribution < -0.4 is 0 Å². The maximum Gasteiger partial charge on any atom is 0.232 e. The molecule has 6 rings (SSSR count). The number of aliphatic hydroxyl groups excluding tert-OH is 1. The maximum absolute atomic E-state index is 11.9. The second-order valence-electron chi connectivity index (χ2n) is 8.01. The van der Waals surface area contributed by atoms with Gasteiger partial charge >= 0.3 is 0 Å². The molecule has 0 bridgehead atoms. The molecule has 4 aromatic carbocycles. The lowest BCUT2D eigenvalue weighted by Gasteiger charge is -2.26. The topological polar surface area (TPSA) is 63.5 Å². The summed E-state index contributed by atoms with van der Waals surface area (Å²) in [5, 5.41) is 20.8. The Labute approximate surface area is 185 Å². The van der Waals surface area contributed by atoms with Gasteiger partial charge in [-0.15, -0.1) is 5.10 Å². The molecule has 5 aromatic rings. The van der Waals surface area contributed by atoms with Crippen molar-refractivity contribution in [2.75, 3.05) is 0 Å². The summed E-state index contributed by atoms with van der Waals surface area (Å²) < 4.78 is 8.49. The normalized spacial score (nSPS) is 20.2. The number of hydrogen-bond donors (Lipinski definition) is 1. The second kappa shape index (κ2) is 7.12. The summed E-state index contributed by atoms with van der Waals surface area (Å²) in [4.78, 5) is 0. The van der Waals surface area contributed by atoms with Crippen molar-refractivity contribution in [3.63, 3.8) is 0 Å². The van der Waals surface area contributed by atoms with Gasteiger partial charge in [0.2, 0.25) is 5.72 Å². The van der Waals surface area contributed by atoms with E-state index < -0.39 is 17.4 Å². The minimum atomic E-state index is -1.22. The van der Waals surface area contributed by atoms with Crippen LogP contribution in [0.5, 0.6) is 0 Å². The number of aliphatic hydroxyl groups is 1. The van der Waals surface area contributed by atoms with Gasteiger partial charge in [0.25, 0.3) is 0 Å². The van der Waals surface area contributed by atoms with Crippen LogP contribution in [0.1, 0.15) is 22.8 Å². The molecular formula is C27H21N3O2. The zero-order chi connectivity index (χ0) is 21.6. The molecule has 2 heterocycles. The van der Waals surface area contributed by atoms with E-state index in [1.165, 1.54) is 0 Å². The first-order valence-corrected chi connectivity index (χ1v) is 10.6. The van der Waals surface area contributed by atoms with E-state index in [9.17, 15) is 5.11 Å². The minimum Gasteiger partial charge on any atom is -0.383 e. The average molecular weight is 419 g/mol. The van der Waals surface area contributed by atoms with Crippen LogP contribution in [0.3, 0.4) is 0 Å². The number of para-hydroxylation sites is 1. The van der Waals surface area contributed by atoms with E-state index in [-0.39, 0.29) is 0 Å². The Hall–Kier alpha value is -3.80. The van der Waals surface area contributed by atoms with Crippen molar-refractivity contribution >= 4 is 11.0 Å². The fourth-order valence-electron chi connectivity index (χ4n) is 4.78. The molecule has 0 radical (unpaired) electrons. The highest BCUT2D eigenvalue weighted by Gasteiger charge is 2.78. The molecule has 1 N–H and O–H groups in total. The van der Waals surface area contributed by atoms with E-state index in [4.69, 9.17) is 4.74 Å². The lowest BCUT2D eigenvalue weighted by Crippen LogP contribution is -2.36. The lowest BCUT2D eigenvalue weighted by atomic mass is 9.80. The minimum absolute atomic E-state index is 0.748. The molecule has 5 nitrogen and oxygen atoms in total. The van der Waals surface area contributed by atoms with Gasteiger partial charge < -0.3 is 9.84 Å².